The van der Waals surface area contributed by atoms with E-state index in [0.717, 1.165) is 32.0 Å². The first-order valence-electron chi connectivity index (χ1n) is 6.23. The maximum absolute atomic E-state index is 5.80. The molecule has 2 unspecified atom stereocenters. The highest BCUT2D eigenvalue weighted by Gasteiger charge is 2.45. The van der Waals surface area contributed by atoms with Gasteiger partial charge in [-0.15, -0.1) is 0 Å². The first-order chi connectivity index (χ1) is 7.58. The van der Waals surface area contributed by atoms with Gasteiger partial charge in [-0.3, -0.25) is 4.99 Å². The van der Waals surface area contributed by atoms with Gasteiger partial charge >= 0.3 is 0 Å². The van der Waals surface area contributed by atoms with Crippen LogP contribution < -0.4 is 11.1 Å². The Bertz CT molecular complexity index is 269. The fourth-order valence-electron chi connectivity index (χ4n) is 2.18. The van der Waals surface area contributed by atoms with Crippen molar-refractivity contribution in [3.63, 3.8) is 0 Å². The molecule has 0 radical (unpaired) electrons. The summed E-state index contributed by atoms with van der Waals surface area (Å²) in [6.45, 7) is 7.10. The van der Waals surface area contributed by atoms with E-state index in [0.29, 0.717) is 17.5 Å². The lowest BCUT2D eigenvalue weighted by molar-refractivity contribution is 0.114. The van der Waals surface area contributed by atoms with Crippen molar-refractivity contribution in [1.29, 1.82) is 0 Å². The van der Waals surface area contributed by atoms with E-state index in [-0.39, 0.29) is 0 Å². The Balaban J connectivity index is 1.63. The molecular formula is C12H23N3O. The van der Waals surface area contributed by atoms with Crippen molar-refractivity contribution in [2.24, 2.45) is 22.1 Å². The molecule has 2 rings (SSSR count). The van der Waals surface area contributed by atoms with Gasteiger partial charge in [0.15, 0.2) is 5.96 Å². The average Bonchev–Trinajstić information content (AvgIpc) is 2.70. The molecule has 1 aliphatic carbocycles. The van der Waals surface area contributed by atoms with Crippen LogP contribution in [-0.4, -0.2) is 31.8 Å². The van der Waals surface area contributed by atoms with Crippen LogP contribution >= 0.6 is 0 Å². The molecule has 1 saturated carbocycles. The van der Waals surface area contributed by atoms with E-state index in [9.17, 15) is 0 Å². The Labute approximate surface area is 97.6 Å². The molecule has 1 heterocycles. The van der Waals surface area contributed by atoms with Crippen molar-refractivity contribution in [1.82, 2.24) is 5.32 Å². The molecule has 0 amide bonds. The molecule has 1 saturated heterocycles. The topological polar surface area (TPSA) is 59.6 Å². The van der Waals surface area contributed by atoms with E-state index in [4.69, 9.17) is 10.5 Å². The fourth-order valence-corrected chi connectivity index (χ4v) is 2.18. The van der Waals surface area contributed by atoms with Gasteiger partial charge in [0, 0.05) is 19.7 Å². The number of nitrogens with one attached hydrogen (secondary N) is 1. The molecular weight excluding hydrogens is 202 g/mol. The fraction of sp³-hybridized carbons (Fsp3) is 0.917. The minimum atomic E-state index is 0.325. The zero-order valence-corrected chi connectivity index (χ0v) is 10.3. The number of aliphatic imine (C=N–C) groups is 1. The number of guanidine groups is 1. The van der Waals surface area contributed by atoms with Crippen LogP contribution in [0.4, 0.5) is 0 Å². The van der Waals surface area contributed by atoms with E-state index in [2.05, 4.69) is 24.2 Å². The van der Waals surface area contributed by atoms with Gasteiger partial charge in [-0.05, 0) is 30.6 Å². The Morgan fingerprint density at radius 3 is 2.88 bits per heavy atom. The Hall–Kier alpha value is -0.770. The van der Waals surface area contributed by atoms with E-state index < -0.39 is 0 Å². The third-order valence-electron chi connectivity index (χ3n) is 3.73. The summed E-state index contributed by atoms with van der Waals surface area (Å²) in [5.74, 6) is 1.29. The summed E-state index contributed by atoms with van der Waals surface area (Å²) in [4.78, 5) is 4.37. The number of hydrogen-bond donors (Lipinski definition) is 2. The van der Waals surface area contributed by atoms with Crippen LogP contribution in [0.15, 0.2) is 4.99 Å². The third kappa shape index (κ3) is 3.11. The van der Waals surface area contributed by atoms with Crippen molar-refractivity contribution < 1.29 is 4.74 Å². The standard InChI is InChI=1S/C12H23N3O/c1-12(2)6-9(12)7-14-11(13)15-8-10-4-3-5-16-10/h9-10H,3-8H2,1-2H3,(H3,13,14,15). The van der Waals surface area contributed by atoms with E-state index in [1.54, 1.807) is 0 Å². The smallest absolute Gasteiger partial charge is 0.188 e. The maximum atomic E-state index is 5.80. The molecule has 16 heavy (non-hydrogen) atoms. The average molecular weight is 225 g/mol. The molecule has 2 fully saturated rings. The summed E-state index contributed by atoms with van der Waals surface area (Å²) in [6.07, 6.45) is 3.90. The van der Waals surface area contributed by atoms with Crippen LogP contribution in [0.3, 0.4) is 0 Å². The molecule has 2 atom stereocenters. The zero-order valence-electron chi connectivity index (χ0n) is 10.3. The molecule has 0 spiro atoms. The lowest BCUT2D eigenvalue weighted by Gasteiger charge is -2.11. The molecule has 2 aliphatic rings. The second-order valence-electron chi connectivity index (χ2n) is 5.63. The molecule has 92 valence electrons. The molecule has 1 aliphatic heterocycles. The highest BCUT2D eigenvalue weighted by atomic mass is 16.5. The predicted octanol–water partition coefficient (Wildman–Crippen LogP) is 1.12. The predicted molar refractivity (Wildman–Crippen MR) is 65.4 cm³/mol. The van der Waals surface area contributed by atoms with Gasteiger partial charge in [-0.1, -0.05) is 13.8 Å². The van der Waals surface area contributed by atoms with Crippen LogP contribution in [0.5, 0.6) is 0 Å². The molecule has 0 aromatic heterocycles. The number of nitrogens with two attached hydrogens (primary N) is 1. The van der Waals surface area contributed by atoms with Gasteiger partial charge in [0.2, 0.25) is 0 Å². The molecule has 4 heteroatoms. The van der Waals surface area contributed by atoms with Crippen molar-refractivity contribution in [3.05, 3.63) is 0 Å². The normalized spacial score (nSPS) is 32.8. The van der Waals surface area contributed by atoms with Crippen molar-refractivity contribution in [2.75, 3.05) is 19.7 Å². The van der Waals surface area contributed by atoms with E-state index in [1.165, 1.54) is 12.8 Å². The highest BCUT2D eigenvalue weighted by molar-refractivity contribution is 5.77. The first-order valence-corrected chi connectivity index (χ1v) is 6.23. The number of rotatable bonds is 4. The van der Waals surface area contributed by atoms with Crippen molar-refractivity contribution in [3.8, 4) is 0 Å². The second kappa shape index (κ2) is 4.62. The van der Waals surface area contributed by atoms with Crippen LogP contribution in [0.25, 0.3) is 0 Å². The number of hydrogen-bond acceptors (Lipinski definition) is 2. The molecule has 0 bridgehead atoms. The van der Waals surface area contributed by atoms with Gasteiger partial charge < -0.3 is 15.8 Å². The molecule has 0 aromatic carbocycles. The summed E-state index contributed by atoms with van der Waals surface area (Å²) in [5, 5.41) is 3.14. The SMILES string of the molecule is CC1(C)CC1CN=C(N)NCC1CCCO1. The van der Waals surface area contributed by atoms with Crippen molar-refractivity contribution in [2.45, 2.75) is 39.2 Å². The zero-order chi connectivity index (χ0) is 11.6. The molecule has 0 aromatic rings. The summed E-state index contributed by atoms with van der Waals surface area (Å²) in [7, 11) is 0. The monoisotopic (exact) mass is 225 g/mol. The molecule has 3 N–H and O–H groups in total. The second-order valence-corrected chi connectivity index (χ2v) is 5.63. The largest absolute Gasteiger partial charge is 0.376 e. The Kier molecular flexibility index (Phi) is 3.38. The van der Waals surface area contributed by atoms with Crippen LogP contribution in [-0.2, 0) is 4.74 Å². The highest BCUT2D eigenvalue weighted by Crippen LogP contribution is 2.51. The third-order valence-corrected chi connectivity index (χ3v) is 3.73. The maximum Gasteiger partial charge on any atom is 0.188 e. The summed E-state index contributed by atoms with van der Waals surface area (Å²) >= 11 is 0. The number of ether oxygens (including phenoxy) is 1. The summed E-state index contributed by atoms with van der Waals surface area (Å²) < 4.78 is 5.50. The van der Waals surface area contributed by atoms with Crippen molar-refractivity contribution >= 4 is 5.96 Å². The minimum absolute atomic E-state index is 0.325. The van der Waals surface area contributed by atoms with E-state index >= 15 is 0 Å². The van der Waals surface area contributed by atoms with Gasteiger partial charge in [-0.25, -0.2) is 0 Å². The summed E-state index contributed by atoms with van der Waals surface area (Å²) in [6, 6.07) is 0. The van der Waals surface area contributed by atoms with Crippen LogP contribution in [0.2, 0.25) is 0 Å². The van der Waals surface area contributed by atoms with Gasteiger partial charge in [-0.2, -0.15) is 0 Å². The summed E-state index contributed by atoms with van der Waals surface area (Å²) in [5.41, 5.74) is 6.28. The molecule has 4 nitrogen and oxygen atoms in total. The lowest BCUT2D eigenvalue weighted by atomic mass is 10.1. The van der Waals surface area contributed by atoms with Crippen LogP contribution in [0.1, 0.15) is 33.1 Å². The van der Waals surface area contributed by atoms with Gasteiger partial charge in [0.05, 0.1) is 6.10 Å². The lowest BCUT2D eigenvalue weighted by Crippen LogP contribution is -2.37. The van der Waals surface area contributed by atoms with E-state index in [1.807, 2.05) is 0 Å². The number of nitrogens with zero attached hydrogens (tertiary/aromatic N) is 1. The van der Waals surface area contributed by atoms with Gasteiger partial charge in [0.1, 0.15) is 0 Å². The quantitative estimate of drug-likeness (QED) is 0.557. The van der Waals surface area contributed by atoms with Gasteiger partial charge in [0.25, 0.3) is 0 Å². The Morgan fingerprint density at radius 1 is 1.56 bits per heavy atom. The van der Waals surface area contributed by atoms with Crippen LogP contribution in [0, 0.1) is 11.3 Å². The Morgan fingerprint density at radius 2 is 2.31 bits per heavy atom. The minimum Gasteiger partial charge on any atom is -0.376 e. The first kappa shape index (κ1) is 11.7.